The van der Waals surface area contributed by atoms with Crippen LogP contribution >= 0.6 is 57.5 Å². The second-order valence-electron chi connectivity index (χ2n) is 4.52. The van der Waals surface area contributed by atoms with Crippen molar-refractivity contribution in [1.29, 1.82) is 0 Å². The number of hydrogen-bond acceptors (Lipinski definition) is 4. The average Bonchev–Trinajstić information content (AvgIpc) is 3.09. The number of nitrogens with one attached hydrogen (secondary N) is 2. The number of rotatable bonds is 4. The highest BCUT2D eigenvalue weighted by atomic mass is 79.9. The van der Waals surface area contributed by atoms with Gasteiger partial charge in [0.2, 0.25) is 0 Å². The molecule has 2 aromatic heterocycles. The van der Waals surface area contributed by atoms with Crippen LogP contribution in [0.25, 0.3) is 22.1 Å². The van der Waals surface area contributed by atoms with E-state index in [1.807, 2.05) is 48.5 Å². The van der Waals surface area contributed by atoms with Crippen LogP contribution < -0.4 is 0 Å². The lowest BCUT2D eigenvalue weighted by atomic mass is 10.3. The number of fused-ring (bicyclic) bond motifs is 2. The van der Waals surface area contributed by atoms with Crippen molar-refractivity contribution in [2.24, 2.45) is 0 Å². The normalized spacial score (nSPS) is 10.4. The fourth-order valence-electron chi connectivity index (χ4n) is 2.14. The Morgan fingerprint density at radius 1 is 0.696 bits per heavy atom. The highest BCUT2D eigenvalue weighted by molar-refractivity contribution is 8.93. The monoisotopic (exact) mass is 472 g/mol. The summed E-state index contributed by atoms with van der Waals surface area (Å²) in [6, 6.07) is 16.1. The summed E-state index contributed by atoms with van der Waals surface area (Å²) in [6.07, 6.45) is 0. The number of imidazole rings is 2. The summed E-state index contributed by atoms with van der Waals surface area (Å²) in [5, 5.41) is 2.75. The van der Waals surface area contributed by atoms with Gasteiger partial charge < -0.3 is 9.97 Å². The Balaban J connectivity index is 0.000000960. The van der Waals surface area contributed by atoms with E-state index in [9.17, 15) is 0 Å². The van der Waals surface area contributed by atoms with Crippen molar-refractivity contribution >= 4 is 79.6 Å². The summed E-state index contributed by atoms with van der Waals surface area (Å²) < 4.78 is 0. The van der Waals surface area contributed by atoms with Crippen LogP contribution in [-0.4, -0.2) is 25.0 Å². The third kappa shape index (κ3) is 4.12. The molecular weight excluding hydrogens is 460 g/mol. The van der Waals surface area contributed by atoms with Crippen molar-refractivity contribution in [3.05, 3.63) is 48.5 Å². The maximum atomic E-state index is 4.55. The topological polar surface area (TPSA) is 57.4 Å². The first kappa shape index (κ1) is 18.4. The Kier molecular flexibility index (Phi) is 6.58. The third-order valence-electron chi connectivity index (χ3n) is 3.13. The molecule has 4 aromatic rings. The second kappa shape index (κ2) is 8.23. The summed E-state index contributed by atoms with van der Waals surface area (Å²) in [4.78, 5) is 15.7. The van der Waals surface area contributed by atoms with Gasteiger partial charge in [-0.1, -0.05) is 47.8 Å². The molecule has 4 rings (SSSR count). The van der Waals surface area contributed by atoms with Gasteiger partial charge in [-0.2, -0.15) is 0 Å². The summed E-state index contributed by atoms with van der Waals surface area (Å²) in [6.45, 7) is 0. The van der Waals surface area contributed by atoms with Crippen LogP contribution in [0.4, 0.5) is 0 Å². The minimum absolute atomic E-state index is 0. The van der Waals surface area contributed by atoms with E-state index >= 15 is 0 Å². The van der Waals surface area contributed by atoms with Crippen molar-refractivity contribution in [2.45, 2.75) is 10.3 Å². The lowest BCUT2D eigenvalue weighted by Crippen LogP contribution is -1.78. The molecule has 4 nitrogen and oxygen atoms in total. The average molecular weight is 474 g/mol. The minimum atomic E-state index is 0. The number of aromatic nitrogens is 4. The van der Waals surface area contributed by atoms with Gasteiger partial charge in [0.25, 0.3) is 0 Å². The van der Waals surface area contributed by atoms with Gasteiger partial charge in [-0.05, 0) is 24.3 Å². The van der Waals surface area contributed by atoms with Crippen LogP contribution in [0, 0.1) is 0 Å². The van der Waals surface area contributed by atoms with Crippen LogP contribution in [0.15, 0.2) is 58.8 Å². The molecule has 0 fully saturated rings. The van der Waals surface area contributed by atoms with Crippen LogP contribution in [0.1, 0.15) is 0 Å². The van der Waals surface area contributed by atoms with Crippen molar-refractivity contribution in [3.63, 3.8) is 0 Å². The Bertz CT molecular complexity index is 766. The summed E-state index contributed by atoms with van der Waals surface area (Å²) in [5.74, 6) is 0. The quantitative estimate of drug-likeness (QED) is 0.306. The van der Waals surface area contributed by atoms with E-state index in [0.29, 0.717) is 0 Å². The van der Waals surface area contributed by atoms with E-state index in [0.717, 1.165) is 37.5 Å². The fraction of sp³-hybridized carbons (Fsp3) is 0.0667. The van der Waals surface area contributed by atoms with Gasteiger partial charge in [0, 0.05) is 0 Å². The molecule has 0 aliphatic carbocycles. The zero-order valence-electron chi connectivity index (χ0n) is 11.9. The molecule has 23 heavy (non-hydrogen) atoms. The number of para-hydroxylation sites is 4. The van der Waals surface area contributed by atoms with Gasteiger partial charge >= 0.3 is 0 Å². The van der Waals surface area contributed by atoms with Crippen molar-refractivity contribution in [2.75, 3.05) is 5.08 Å². The standard InChI is InChI=1S/C15H12N4S2.2BrH/c1-2-6-11-10(5-1)16-14(17-11)20-9-21-15-18-12-7-3-4-8-13(12)19-15;;/h1-8H,9H2,(H,16,17)(H,18,19);2*1H. The van der Waals surface area contributed by atoms with Crippen molar-refractivity contribution < 1.29 is 0 Å². The smallest absolute Gasteiger partial charge is 0.167 e. The number of hydrogen-bond donors (Lipinski definition) is 2. The Morgan fingerprint density at radius 2 is 1.13 bits per heavy atom. The Hall–Kier alpha value is -0.960. The van der Waals surface area contributed by atoms with Gasteiger partial charge in [-0.25, -0.2) is 9.97 Å². The summed E-state index contributed by atoms with van der Waals surface area (Å²) in [5.41, 5.74) is 4.17. The van der Waals surface area contributed by atoms with Crippen molar-refractivity contribution in [1.82, 2.24) is 19.9 Å². The van der Waals surface area contributed by atoms with E-state index in [4.69, 9.17) is 0 Å². The summed E-state index contributed by atoms with van der Waals surface area (Å²) >= 11 is 3.37. The number of halogens is 2. The van der Waals surface area contributed by atoms with Crippen LogP contribution in [0.5, 0.6) is 0 Å². The molecule has 0 bridgehead atoms. The number of aromatic amines is 2. The molecule has 0 unspecified atom stereocenters. The molecule has 0 amide bonds. The maximum absolute atomic E-state index is 4.55. The number of H-pyrrole nitrogens is 2. The minimum Gasteiger partial charge on any atom is -0.333 e. The lowest BCUT2D eigenvalue weighted by molar-refractivity contribution is 1.08. The molecule has 0 spiro atoms. The molecule has 8 heteroatoms. The number of nitrogens with zero attached hydrogens (tertiary/aromatic N) is 2. The fourth-order valence-corrected chi connectivity index (χ4v) is 3.96. The molecule has 0 saturated carbocycles. The zero-order chi connectivity index (χ0) is 14.1. The van der Waals surface area contributed by atoms with E-state index in [1.54, 1.807) is 23.5 Å². The van der Waals surface area contributed by atoms with E-state index < -0.39 is 0 Å². The van der Waals surface area contributed by atoms with Gasteiger partial charge in [0.1, 0.15) is 0 Å². The second-order valence-corrected chi connectivity index (χ2v) is 6.82. The molecule has 120 valence electrons. The van der Waals surface area contributed by atoms with Gasteiger partial charge in [-0.3, -0.25) is 0 Å². The van der Waals surface area contributed by atoms with Gasteiger partial charge in [-0.15, -0.1) is 34.0 Å². The molecule has 0 atom stereocenters. The largest absolute Gasteiger partial charge is 0.333 e. The van der Waals surface area contributed by atoms with Crippen LogP contribution in [0.2, 0.25) is 0 Å². The van der Waals surface area contributed by atoms with Gasteiger partial charge in [0.05, 0.1) is 27.2 Å². The molecule has 0 saturated heterocycles. The SMILES string of the molecule is Br.Br.c1ccc2[nH]c(SCSc3nc4ccccc4[nH]3)nc2c1. The van der Waals surface area contributed by atoms with Gasteiger partial charge in [0.15, 0.2) is 10.3 Å². The van der Waals surface area contributed by atoms with E-state index in [1.165, 1.54) is 0 Å². The number of benzene rings is 2. The van der Waals surface area contributed by atoms with E-state index in [2.05, 4.69) is 19.9 Å². The molecule has 2 aromatic carbocycles. The van der Waals surface area contributed by atoms with E-state index in [-0.39, 0.29) is 34.0 Å². The molecule has 0 aliphatic rings. The first-order valence-corrected chi connectivity index (χ1v) is 8.51. The molecule has 2 heterocycles. The molecule has 2 N–H and O–H groups in total. The van der Waals surface area contributed by atoms with Crippen LogP contribution in [-0.2, 0) is 0 Å². The summed E-state index contributed by atoms with van der Waals surface area (Å²) in [7, 11) is 0. The maximum Gasteiger partial charge on any atom is 0.167 e. The lowest BCUT2D eigenvalue weighted by Gasteiger charge is -1.94. The molecular formula is C15H14Br2N4S2. The number of thioether (sulfide) groups is 2. The van der Waals surface area contributed by atoms with Crippen molar-refractivity contribution in [3.8, 4) is 0 Å². The molecule has 0 radical (unpaired) electrons. The highest BCUT2D eigenvalue weighted by Gasteiger charge is 2.05. The third-order valence-corrected chi connectivity index (χ3v) is 5.00. The Morgan fingerprint density at radius 3 is 1.57 bits per heavy atom. The Labute approximate surface area is 162 Å². The first-order chi connectivity index (χ1) is 10.4. The predicted molar refractivity (Wildman–Crippen MR) is 109 cm³/mol. The first-order valence-electron chi connectivity index (χ1n) is 6.53. The van der Waals surface area contributed by atoms with Crippen LogP contribution in [0.3, 0.4) is 0 Å². The molecule has 0 aliphatic heterocycles. The zero-order valence-corrected chi connectivity index (χ0v) is 16.9. The predicted octanol–water partition coefficient (Wildman–Crippen LogP) is 5.44. The highest BCUT2D eigenvalue weighted by Crippen LogP contribution is 2.27.